The standard InChI is InChI=1S/C36H33FN6O3S/c1-22-16-28(33(38-19-22)42-20-36(21-42)10-14-46-15-11-36)34(44)40-26-5-2-23(3-6-26)35(45)43-13-9-24-17-31(29-8-12-39-41-29)47-32(24)27-7-4-25(37)18-30(27)43/h2-8,12,16-19H,9-11,13-15,20-21H2,1H3,(H,39,41)(H,40,44). The first-order chi connectivity index (χ1) is 22.9. The predicted molar refractivity (Wildman–Crippen MR) is 181 cm³/mol. The number of hydrogen-bond donors (Lipinski definition) is 2. The number of nitrogens with zero attached hydrogens (tertiary/aromatic N) is 4. The summed E-state index contributed by atoms with van der Waals surface area (Å²) in [6, 6.07) is 17.4. The summed E-state index contributed by atoms with van der Waals surface area (Å²) in [6.07, 6.45) is 6.19. The Bertz CT molecular complexity index is 1980. The first kappa shape index (κ1) is 29.5. The lowest BCUT2D eigenvalue weighted by atomic mass is 9.73. The van der Waals surface area contributed by atoms with Crippen molar-refractivity contribution in [2.24, 2.45) is 5.41 Å². The van der Waals surface area contributed by atoms with E-state index in [-0.39, 0.29) is 17.2 Å². The lowest BCUT2D eigenvalue weighted by molar-refractivity contribution is -0.000510. The van der Waals surface area contributed by atoms with Crippen LogP contribution >= 0.6 is 11.3 Å². The van der Waals surface area contributed by atoms with Gasteiger partial charge in [0.25, 0.3) is 11.8 Å². The number of aromatic nitrogens is 3. The Balaban J connectivity index is 1.01. The van der Waals surface area contributed by atoms with E-state index in [1.165, 1.54) is 12.1 Å². The number of thiophene rings is 1. The maximum absolute atomic E-state index is 14.6. The van der Waals surface area contributed by atoms with E-state index >= 15 is 0 Å². The number of ether oxygens (including phenoxy) is 1. The molecule has 0 bridgehead atoms. The normalized spacial score (nSPS) is 16.6. The van der Waals surface area contributed by atoms with Crippen molar-refractivity contribution in [1.82, 2.24) is 15.2 Å². The number of fused-ring (bicyclic) bond motifs is 3. The summed E-state index contributed by atoms with van der Waals surface area (Å²) in [6.45, 7) is 5.62. The molecule has 1 spiro atoms. The Kier molecular flexibility index (Phi) is 7.37. The number of aryl methyl sites for hydroxylation is 1. The third-order valence-corrected chi connectivity index (χ3v) is 10.7. The number of benzene rings is 2. The van der Waals surface area contributed by atoms with Crippen LogP contribution in [0.3, 0.4) is 0 Å². The van der Waals surface area contributed by atoms with E-state index in [1.54, 1.807) is 59.0 Å². The largest absolute Gasteiger partial charge is 0.381 e. The van der Waals surface area contributed by atoms with Gasteiger partial charge >= 0.3 is 0 Å². The van der Waals surface area contributed by atoms with Crippen molar-refractivity contribution in [3.63, 3.8) is 0 Å². The molecule has 0 atom stereocenters. The molecule has 8 rings (SSSR count). The molecule has 0 unspecified atom stereocenters. The van der Waals surface area contributed by atoms with Crippen LogP contribution in [-0.4, -0.2) is 59.8 Å². The zero-order chi connectivity index (χ0) is 32.1. The zero-order valence-electron chi connectivity index (χ0n) is 25.9. The van der Waals surface area contributed by atoms with Gasteiger partial charge in [0.05, 0.1) is 21.8 Å². The molecular formula is C36H33FN6O3S. The third-order valence-electron chi connectivity index (χ3n) is 9.46. The number of aromatic amines is 1. The molecule has 2 aromatic carbocycles. The predicted octanol–water partition coefficient (Wildman–Crippen LogP) is 6.72. The molecule has 0 aliphatic carbocycles. The molecule has 238 valence electrons. The first-order valence-corrected chi connectivity index (χ1v) is 16.6. The topological polar surface area (TPSA) is 103 Å². The Labute approximate surface area is 275 Å². The van der Waals surface area contributed by atoms with Gasteiger partial charge in [-0.25, -0.2) is 9.37 Å². The minimum atomic E-state index is -0.403. The number of nitrogens with one attached hydrogen (secondary N) is 2. The van der Waals surface area contributed by atoms with Gasteiger partial charge in [-0.05, 0) is 98.0 Å². The van der Waals surface area contributed by atoms with E-state index in [4.69, 9.17) is 4.74 Å². The summed E-state index contributed by atoms with van der Waals surface area (Å²) in [5.74, 6) is -0.196. The number of H-pyrrole nitrogens is 1. The average molecular weight is 649 g/mol. The van der Waals surface area contributed by atoms with E-state index in [1.807, 2.05) is 19.1 Å². The van der Waals surface area contributed by atoms with E-state index < -0.39 is 5.82 Å². The highest BCUT2D eigenvalue weighted by atomic mass is 32.1. The number of rotatable bonds is 5. The Morgan fingerprint density at radius 1 is 1.04 bits per heavy atom. The van der Waals surface area contributed by atoms with Crippen molar-refractivity contribution in [2.45, 2.75) is 26.2 Å². The molecular weight excluding hydrogens is 616 g/mol. The van der Waals surface area contributed by atoms with Crippen molar-refractivity contribution in [3.8, 4) is 21.0 Å². The van der Waals surface area contributed by atoms with Gasteiger partial charge in [0.1, 0.15) is 11.6 Å². The summed E-state index contributed by atoms with van der Waals surface area (Å²) >= 11 is 1.60. The average Bonchev–Trinajstić information content (AvgIpc) is 3.73. The monoisotopic (exact) mass is 648 g/mol. The number of pyridine rings is 1. The van der Waals surface area contributed by atoms with E-state index in [2.05, 4.69) is 31.5 Å². The van der Waals surface area contributed by atoms with Crippen LogP contribution in [-0.2, 0) is 11.2 Å². The number of carbonyl (C=O) groups is 2. The Hall–Kier alpha value is -4.87. The minimum Gasteiger partial charge on any atom is -0.381 e. The van der Waals surface area contributed by atoms with Crippen molar-refractivity contribution in [1.29, 1.82) is 0 Å². The molecule has 9 nitrogen and oxygen atoms in total. The van der Waals surface area contributed by atoms with Gasteiger partial charge in [-0.3, -0.25) is 14.7 Å². The number of carbonyl (C=O) groups excluding carboxylic acids is 2. The lowest BCUT2D eigenvalue weighted by Gasteiger charge is -2.53. The summed E-state index contributed by atoms with van der Waals surface area (Å²) in [4.78, 5) is 38.0. The van der Waals surface area contributed by atoms with E-state index in [0.29, 0.717) is 41.3 Å². The van der Waals surface area contributed by atoms with Crippen LogP contribution in [0, 0.1) is 18.2 Å². The number of halogens is 1. The van der Waals surface area contributed by atoms with Crippen molar-refractivity contribution < 1.29 is 18.7 Å². The molecule has 3 aliphatic rings. The molecule has 47 heavy (non-hydrogen) atoms. The minimum absolute atomic E-state index is 0.233. The second-order valence-electron chi connectivity index (χ2n) is 12.7. The molecule has 6 heterocycles. The van der Waals surface area contributed by atoms with E-state index in [9.17, 15) is 14.0 Å². The second-order valence-corrected chi connectivity index (χ2v) is 13.7. The van der Waals surface area contributed by atoms with Crippen LogP contribution in [0.15, 0.2) is 73.1 Å². The maximum atomic E-state index is 14.6. The highest BCUT2D eigenvalue weighted by molar-refractivity contribution is 7.19. The molecule has 3 aromatic heterocycles. The fourth-order valence-electron chi connectivity index (χ4n) is 6.92. The molecule has 2 saturated heterocycles. The van der Waals surface area contributed by atoms with Crippen molar-refractivity contribution >= 4 is 40.3 Å². The smallest absolute Gasteiger partial charge is 0.259 e. The summed E-state index contributed by atoms with van der Waals surface area (Å²) in [5, 5.41) is 10.1. The first-order valence-electron chi connectivity index (χ1n) is 15.8. The van der Waals surface area contributed by atoms with Gasteiger partial charge < -0.3 is 19.9 Å². The van der Waals surface area contributed by atoms with Crippen LogP contribution in [0.1, 0.15) is 44.7 Å². The van der Waals surface area contributed by atoms with Crippen LogP contribution in [0.2, 0.25) is 0 Å². The van der Waals surface area contributed by atoms with Gasteiger partial charge in [0, 0.05) is 72.3 Å². The Morgan fingerprint density at radius 2 is 1.85 bits per heavy atom. The van der Waals surface area contributed by atoms with E-state index in [0.717, 1.165) is 71.3 Å². The van der Waals surface area contributed by atoms with Crippen LogP contribution in [0.25, 0.3) is 21.0 Å². The fraction of sp³-hybridized carbons (Fsp3) is 0.278. The maximum Gasteiger partial charge on any atom is 0.259 e. The summed E-state index contributed by atoms with van der Waals surface area (Å²) in [5.41, 5.74) is 6.08. The van der Waals surface area contributed by atoms with Gasteiger partial charge in [0.2, 0.25) is 0 Å². The molecule has 3 aliphatic heterocycles. The zero-order valence-corrected chi connectivity index (χ0v) is 26.7. The third kappa shape index (κ3) is 5.49. The lowest BCUT2D eigenvalue weighted by Crippen LogP contribution is -2.59. The molecule has 0 radical (unpaired) electrons. The van der Waals surface area contributed by atoms with Crippen molar-refractivity contribution in [2.75, 3.05) is 48.0 Å². The highest BCUT2D eigenvalue weighted by Gasteiger charge is 2.45. The number of hydrogen-bond acceptors (Lipinski definition) is 7. The molecule has 5 aromatic rings. The molecule has 2 fully saturated rings. The highest BCUT2D eigenvalue weighted by Crippen LogP contribution is 2.45. The number of anilines is 3. The molecule has 11 heteroatoms. The summed E-state index contributed by atoms with van der Waals surface area (Å²) < 4.78 is 20.2. The van der Waals surface area contributed by atoms with Crippen LogP contribution in [0.4, 0.5) is 21.6 Å². The van der Waals surface area contributed by atoms with Gasteiger partial charge in [-0.1, -0.05) is 0 Å². The Morgan fingerprint density at radius 3 is 2.62 bits per heavy atom. The number of amides is 2. The van der Waals surface area contributed by atoms with Gasteiger partial charge in [-0.15, -0.1) is 11.3 Å². The van der Waals surface area contributed by atoms with Gasteiger partial charge in [-0.2, -0.15) is 5.10 Å². The fourth-order valence-corrected chi connectivity index (χ4v) is 8.14. The molecule has 2 amide bonds. The van der Waals surface area contributed by atoms with Crippen LogP contribution < -0.4 is 15.1 Å². The second kappa shape index (κ2) is 11.7. The quantitative estimate of drug-likeness (QED) is 0.219. The SMILES string of the molecule is Cc1cnc(N2CC3(CCOCC3)C2)c(C(=O)Nc2ccc(C(=O)N3CCc4cc(-c5ccn[nH]5)sc4-c4ccc(F)cc43)cc2)c1. The molecule has 2 N–H and O–H groups in total. The molecule has 0 saturated carbocycles. The van der Waals surface area contributed by atoms with Gasteiger partial charge in [0.15, 0.2) is 0 Å². The summed E-state index contributed by atoms with van der Waals surface area (Å²) in [7, 11) is 0. The van der Waals surface area contributed by atoms with Crippen molar-refractivity contribution in [3.05, 3.63) is 101 Å². The van der Waals surface area contributed by atoms with Crippen LogP contribution in [0.5, 0.6) is 0 Å².